The summed E-state index contributed by atoms with van der Waals surface area (Å²) in [5.74, 6) is -0.0449. The maximum Gasteiger partial charge on any atom is 0.245 e. The van der Waals surface area contributed by atoms with Gasteiger partial charge in [-0.25, -0.2) is 0 Å². The van der Waals surface area contributed by atoms with E-state index >= 15 is 0 Å². The monoisotopic (exact) mass is 305 g/mol. The molecule has 1 aromatic carbocycles. The van der Waals surface area contributed by atoms with Crippen LogP contribution in [0.2, 0.25) is 0 Å². The second-order valence-corrected chi connectivity index (χ2v) is 5.71. The molecule has 0 heterocycles. The molecule has 0 fully saturated rings. The summed E-state index contributed by atoms with van der Waals surface area (Å²) in [5.41, 5.74) is 2.76. The Hall–Kier alpha value is -1.39. The van der Waals surface area contributed by atoms with Crippen molar-refractivity contribution in [3.63, 3.8) is 0 Å². The molecule has 1 atom stereocenters. The summed E-state index contributed by atoms with van der Waals surface area (Å²) in [6.07, 6.45) is 5.42. The van der Waals surface area contributed by atoms with E-state index in [1.807, 2.05) is 6.92 Å². The Morgan fingerprint density at radius 2 is 2.18 bits per heavy atom. The topological polar surface area (TPSA) is 47.6 Å². The molecule has 0 aliphatic heterocycles. The first-order valence-electron chi connectivity index (χ1n) is 8.35. The Morgan fingerprint density at radius 3 is 3.05 bits per heavy atom. The van der Waals surface area contributed by atoms with Gasteiger partial charge in [0.15, 0.2) is 0 Å². The van der Waals surface area contributed by atoms with Gasteiger partial charge in [0.05, 0.1) is 6.10 Å². The van der Waals surface area contributed by atoms with E-state index in [-0.39, 0.29) is 18.6 Å². The minimum Gasteiger partial charge on any atom is -0.373 e. The zero-order valence-electron chi connectivity index (χ0n) is 13.5. The summed E-state index contributed by atoms with van der Waals surface area (Å²) in [4.78, 5) is 11.5. The van der Waals surface area contributed by atoms with E-state index in [4.69, 9.17) is 9.47 Å². The van der Waals surface area contributed by atoms with Crippen LogP contribution in [-0.2, 0) is 20.7 Å². The molecule has 1 aliphatic rings. The Bertz CT molecular complexity index is 461. The third-order valence-electron chi connectivity index (χ3n) is 3.86. The summed E-state index contributed by atoms with van der Waals surface area (Å²) in [6, 6.07) is 8.54. The summed E-state index contributed by atoms with van der Waals surface area (Å²) in [5, 5.41) is 2.85. The predicted molar refractivity (Wildman–Crippen MR) is 86.8 cm³/mol. The molecule has 122 valence electrons. The zero-order valence-corrected chi connectivity index (χ0v) is 13.5. The average Bonchev–Trinajstić information content (AvgIpc) is 2.55. The molecule has 4 heteroatoms. The first-order valence-corrected chi connectivity index (χ1v) is 8.35. The molecular weight excluding hydrogens is 278 g/mol. The minimum absolute atomic E-state index is 0.0449. The molecule has 2 rings (SSSR count). The average molecular weight is 305 g/mol. The van der Waals surface area contributed by atoms with Gasteiger partial charge in [0.2, 0.25) is 5.91 Å². The number of carbonyl (C=O) groups excluding carboxylic acids is 1. The highest BCUT2D eigenvalue weighted by Crippen LogP contribution is 2.32. The van der Waals surface area contributed by atoms with E-state index in [1.165, 1.54) is 17.5 Å². The van der Waals surface area contributed by atoms with Crippen LogP contribution in [0.1, 0.15) is 49.8 Å². The second-order valence-electron chi connectivity index (χ2n) is 5.71. The fraction of sp³-hybridized carbons (Fsp3) is 0.611. The molecule has 4 nitrogen and oxygen atoms in total. The highest BCUT2D eigenvalue weighted by molar-refractivity contribution is 5.77. The lowest BCUT2D eigenvalue weighted by molar-refractivity contribution is -0.125. The molecule has 1 amide bonds. The van der Waals surface area contributed by atoms with Gasteiger partial charge in [-0.05, 0) is 43.2 Å². The predicted octanol–water partition coefficient (Wildman–Crippen LogP) is 3.01. The van der Waals surface area contributed by atoms with Crippen molar-refractivity contribution in [2.75, 3.05) is 26.4 Å². The Balaban J connectivity index is 1.61. The van der Waals surface area contributed by atoms with Gasteiger partial charge in [0.25, 0.3) is 0 Å². The number of hydrogen-bond acceptors (Lipinski definition) is 3. The molecule has 1 aliphatic carbocycles. The Kier molecular flexibility index (Phi) is 7.40. The lowest BCUT2D eigenvalue weighted by Crippen LogP contribution is -2.29. The molecule has 0 spiro atoms. The van der Waals surface area contributed by atoms with Crippen molar-refractivity contribution >= 4 is 5.91 Å². The smallest absolute Gasteiger partial charge is 0.245 e. The van der Waals surface area contributed by atoms with Crippen molar-refractivity contribution in [3.8, 4) is 0 Å². The van der Waals surface area contributed by atoms with Crippen LogP contribution in [0, 0.1) is 0 Å². The zero-order chi connectivity index (χ0) is 15.6. The summed E-state index contributed by atoms with van der Waals surface area (Å²) in [6.45, 7) is 4.14. The van der Waals surface area contributed by atoms with Gasteiger partial charge in [-0.2, -0.15) is 0 Å². The molecule has 1 N–H and O–H groups in total. The first kappa shape index (κ1) is 17.0. The number of amides is 1. The fourth-order valence-corrected chi connectivity index (χ4v) is 2.77. The van der Waals surface area contributed by atoms with Crippen LogP contribution >= 0.6 is 0 Å². The number of rotatable bonds is 9. The van der Waals surface area contributed by atoms with Crippen molar-refractivity contribution in [2.45, 2.75) is 45.1 Å². The summed E-state index contributed by atoms with van der Waals surface area (Å²) in [7, 11) is 0. The maximum absolute atomic E-state index is 11.5. The number of hydrogen-bond donors (Lipinski definition) is 1. The largest absolute Gasteiger partial charge is 0.373 e. The molecule has 0 aromatic heterocycles. The molecule has 0 saturated carbocycles. The number of benzene rings is 1. The number of fused-ring (bicyclic) bond motifs is 1. The van der Waals surface area contributed by atoms with E-state index in [1.54, 1.807) is 0 Å². The number of nitrogens with one attached hydrogen (secondary N) is 1. The Labute approximate surface area is 133 Å². The van der Waals surface area contributed by atoms with E-state index < -0.39 is 0 Å². The van der Waals surface area contributed by atoms with E-state index in [2.05, 4.69) is 29.6 Å². The first-order chi connectivity index (χ1) is 10.8. The van der Waals surface area contributed by atoms with Crippen LogP contribution < -0.4 is 5.32 Å². The molecule has 0 saturated heterocycles. The summed E-state index contributed by atoms with van der Waals surface area (Å²) >= 11 is 0. The van der Waals surface area contributed by atoms with Crippen LogP contribution in [-0.4, -0.2) is 32.3 Å². The quantitative estimate of drug-likeness (QED) is 0.713. The van der Waals surface area contributed by atoms with Crippen molar-refractivity contribution in [2.24, 2.45) is 0 Å². The van der Waals surface area contributed by atoms with Crippen LogP contribution in [0.25, 0.3) is 0 Å². The van der Waals surface area contributed by atoms with E-state index in [0.717, 1.165) is 25.7 Å². The highest BCUT2D eigenvalue weighted by atomic mass is 16.5. The van der Waals surface area contributed by atoms with Crippen molar-refractivity contribution in [3.05, 3.63) is 35.4 Å². The fourth-order valence-electron chi connectivity index (χ4n) is 2.77. The van der Waals surface area contributed by atoms with Crippen LogP contribution in [0.15, 0.2) is 24.3 Å². The van der Waals surface area contributed by atoms with Crippen molar-refractivity contribution in [1.29, 1.82) is 0 Å². The van der Waals surface area contributed by atoms with Gasteiger partial charge < -0.3 is 14.8 Å². The molecule has 0 bridgehead atoms. The number of carbonyl (C=O) groups is 1. The molecule has 0 radical (unpaired) electrons. The lowest BCUT2D eigenvalue weighted by atomic mass is 9.89. The highest BCUT2D eigenvalue weighted by Gasteiger charge is 2.19. The van der Waals surface area contributed by atoms with Gasteiger partial charge in [-0.1, -0.05) is 31.2 Å². The van der Waals surface area contributed by atoms with Gasteiger partial charge in [-0.15, -0.1) is 0 Å². The van der Waals surface area contributed by atoms with Gasteiger partial charge in [0.1, 0.15) is 6.61 Å². The third-order valence-corrected chi connectivity index (χ3v) is 3.86. The Morgan fingerprint density at radius 1 is 1.32 bits per heavy atom. The van der Waals surface area contributed by atoms with Crippen molar-refractivity contribution < 1.29 is 14.3 Å². The van der Waals surface area contributed by atoms with E-state index in [9.17, 15) is 4.79 Å². The molecule has 22 heavy (non-hydrogen) atoms. The van der Waals surface area contributed by atoms with Crippen LogP contribution in [0.3, 0.4) is 0 Å². The SMILES string of the molecule is CCCOCC(=O)NCCCO[C@@H]1CCCc2ccccc21. The van der Waals surface area contributed by atoms with E-state index in [0.29, 0.717) is 19.8 Å². The summed E-state index contributed by atoms with van der Waals surface area (Å²) < 4.78 is 11.2. The third kappa shape index (κ3) is 5.43. The molecule has 0 unspecified atom stereocenters. The molecular formula is C18H27NO3. The second kappa shape index (κ2) is 9.59. The van der Waals surface area contributed by atoms with Crippen LogP contribution in [0.5, 0.6) is 0 Å². The van der Waals surface area contributed by atoms with Gasteiger partial charge in [-0.3, -0.25) is 4.79 Å². The lowest BCUT2D eigenvalue weighted by Gasteiger charge is -2.25. The number of ether oxygens (including phenoxy) is 2. The number of aryl methyl sites for hydroxylation is 1. The molecule has 1 aromatic rings. The van der Waals surface area contributed by atoms with Crippen molar-refractivity contribution in [1.82, 2.24) is 5.32 Å². The van der Waals surface area contributed by atoms with Gasteiger partial charge in [0, 0.05) is 19.8 Å². The maximum atomic E-state index is 11.5. The normalized spacial score (nSPS) is 17.0. The minimum atomic E-state index is -0.0449. The van der Waals surface area contributed by atoms with Gasteiger partial charge >= 0.3 is 0 Å². The van der Waals surface area contributed by atoms with Crippen LogP contribution in [0.4, 0.5) is 0 Å². The standard InChI is InChI=1S/C18H27NO3/c1-2-12-21-14-18(20)19-11-6-13-22-17-10-5-8-15-7-3-4-9-16(15)17/h3-4,7,9,17H,2,5-6,8,10-14H2,1H3,(H,19,20)/t17-/m1/s1.